The van der Waals surface area contributed by atoms with Crippen LogP contribution in [0.2, 0.25) is 0 Å². The number of aliphatic hydroxyl groups is 3. The number of phenols is 1. The lowest BCUT2D eigenvalue weighted by molar-refractivity contribution is -0.0511. The number of anilines is 1. The lowest BCUT2D eigenvalue weighted by atomic mass is 10.1. The Morgan fingerprint density at radius 2 is 2.06 bits per heavy atom. The van der Waals surface area contributed by atoms with Gasteiger partial charge in [0.25, 0.3) is 0 Å². The first-order valence-electron chi connectivity index (χ1n) is 10.0. The number of aromatic amines is 1. The fourth-order valence-electron chi connectivity index (χ4n) is 3.90. The number of fused-ring (bicyclic) bond motifs is 2. The van der Waals surface area contributed by atoms with Gasteiger partial charge in [0.15, 0.2) is 23.2 Å². The van der Waals surface area contributed by atoms with Crippen LogP contribution in [-0.2, 0) is 11.2 Å². The van der Waals surface area contributed by atoms with Gasteiger partial charge in [0.1, 0.15) is 24.1 Å². The Bertz CT molecular complexity index is 1270. The molecule has 5 rings (SSSR count). The summed E-state index contributed by atoms with van der Waals surface area (Å²) in [6, 6.07) is 5.11. The van der Waals surface area contributed by atoms with Gasteiger partial charge >= 0.3 is 6.01 Å². The zero-order chi connectivity index (χ0) is 22.4. The molecule has 0 bridgehead atoms. The van der Waals surface area contributed by atoms with Gasteiger partial charge in [-0.25, -0.2) is 4.98 Å². The third kappa shape index (κ3) is 3.39. The maximum absolute atomic E-state index is 10.3. The number of nitrogens with one attached hydrogen (secondary N) is 1. The van der Waals surface area contributed by atoms with Crippen molar-refractivity contribution in [1.29, 1.82) is 0 Å². The number of imidazole rings is 1. The number of benzene rings is 1. The molecule has 0 spiro atoms. The molecule has 1 aromatic carbocycles. The SMILES string of the molecule is Nc1nc(OCCc2c[nH]c3ccc(O)cc23)nc2c1ncn2[C@@H]1O[C@H](CO)[C@@H](O)[C@H]1O. The van der Waals surface area contributed by atoms with Gasteiger partial charge in [-0.2, -0.15) is 9.97 Å². The van der Waals surface area contributed by atoms with Crippen molar-refractivity contribution in [2.45, 2.75) is 31.0 Å². The second kappa shape index (κ2) is 7.91. The Morgan fingerprint density at radius 3 is 2.84 bits per heavy atom. The number of nitrogen functional groups attached to an aromatic ring is 1. The van der Waals surface area contributed by atoms with E-state index in [1.165, 1.54) is 10.9 Å². The number of hydrogen-bond donors (Lipinski definition) is 6. The standard InChI is InChI=1S/C20H22N6O6/c21-17-14-18(26(8-23-14)19-16(30)15(29)13(7-27)32-19)25-20(24-17)31-4-3-9-6-22-12-2-1-10(28)5-11(9)12/h1-2,5-6,8,13,15-16,19,22,27-30H,3-4,7H2,(H2,21,24,25)/t13-,15-,16-,19-/m1/s1. The minimum atomic E-state index is -1.29. The molecular weight excluding hydrogens is 420 g/mol. The predicted molar refractivity (Wildman–Crippen MR) is 112 cm³/mol. The highest BCUT2D eigenvalue weighted by molar-refractivity contribution is 5.84. The van der Waals surface area contributed by atoms with Crippen LogP contribution in [-0.4, -0.2) is 76.5 Å². The van der Waals surface area contributed by atoms with Crippen LogP contribution < -0.4 is 10.5 Å². The van der Waals surface area contributed by atoms with Crippen LogP contribution in [0.1, 0.15) is 11.8 Å². The van der Waals surface area contributed by atoms with Crippen molar-refractivity contribution in [3.63, 3.8) is 0 Å². The minimum absolute atomic E-state index is 0.0196. The van der Waals surface area contributed by atoms with E-state index >= 15 is 0 Å². The molecule has 3 aromatic heterocycles. The van der Waals surface area contributed by atoms with Gasteiger partial charge < -0.3 is 40.6 Å². The van der Waals surface area contributed by atoms with Gasteiger partial charge in [0, 0.05) is 23.5 Å². The van der Waals surface area contributed by atoms with E-state index in [-0.39, 0.29) is 29.8 Å². The number of ether oxygens (including phenoxy) is 2. The number of phenolic OH excluding ortho intramolecular Hbond substituents is 1. The fraction of sp³-hybridized carbons (Fsp3) is 0.350. The lowest BCUT2D eigenvalue weighted by Crippen LogP contribution is -2.33. The van der Waals surface area contributed by atoms with E-state index in [0.29, 0.717) is 11.9 Å². The number of nitrogens with two attached hydrogens (primary N) is 1. The first-order valence-corrected chi connectivity index (χ1v) is 10.0. The maximum Gasteiger partial charge on any atom is 0.320 e. The molecule has 1 aliphatic rings. The van der Waals surface area contributed by atoms with E-state index in [0.717, 1.165) is 16.5 Å². The molecular formula is C20H22N6O6. The number of aliphatic hydroxyl groups excluding tert-OH is 3. The van der Waals surface area contributed by atoms with Crippen molar-refractivity contribution in [2.24, 2.45) is 0 Å². The summed E-state index contributed by atoms with van der Waals surface area (Å²) in [6.07, 6.45) is -0.734. The summed E-state index contributed by atoms with van der Waals surface area (Å²) in [5.74, 6) is 0.270. The number of aromatic nitrogens is 5. The van der Waals surface area contributed by atoms with Gasteiger partial charge in [-0.05, 0) is 23.8 Å². The molecule has 0 aliphatic carbocycles. The normalized spacial score (nSPS) is 23.3. The number of rotatable bonds is 6. The Labute approximate surface area is 180 Å². The number of aromatic hydroxyl groups is 1. The van der Waals surface area contributed by atoms with Gasteiger partial charge in [-0.1, -0.05) is 0 Å². The molecule has 1 aliphatic heterocycles. The summed E-state index contributed by atoms with van der Waals surface area (Å²) in [7, 11) is 0. The van der Waals surface area contributed by atoms with Crippen molar-refractivity contribution in [3.05, 3.63) is 36.3 Å². The highest BCUT2D eigenvalue weighted by atomic mass is 16.6. The Morgan fingerprint density at radius 1 is 1.22 bits per heavy atom. The average Bonchev–Trinajstić information content (AvgIpc) is 3.45. The highest BCUT2D eigenvalue weighted by Crippen LogP contribution is 2.32. The molecule has 0 radical (unpaired) electrons. The Hall–Kier alpha value is -3.45. The summed E-state index contributed by atoms with van der Waals surface area (Å²) in [6.45, 7) is -0.200. The van der Waals surface area contributed by atoms with E-state index in [2.05, 4.69) is 19.9 Å². The van der Waals surface area contributed by atoms with Crippen molar-refractivity contribution in [3.8, 4) is 11.8 Å². The zero-order valence-corrected chi connectivity index (χ0v) is 16.8. The molecule has 4 heterocycles. The number of hydrogen-bond acceptors (Lipinski definition) is 10. The largest absolute Gasteiger partial charge is 0.508 e. The van der Waals surface area contributed by atoms with Gasteiger partial charge in [0.05, 0.1) is 19.5 Å². The topological polar surface area (TPSA) is 185 Å². The molecule has 168 valence electrons. The monoisotopic (exact) mass is 442 g/mol. The molecule has 32 heavy (non-hydrogen) atoms. The van der Waals surface area contributed by atoms with E-state index in [9.17, 15) is 20.4 Å². The summed E-state index contributed by atoms with van der Waals surface area (Å²) >= 11 is 0. The second-order valence-electron chi connectivity index (χ2n) is 7.59. The number of nitrogens with zero attached hydrogens (tertiary/aromatic N) is 4. The Balaban J connectivity index is 1.37. The van der Waals surface area contributed by atoms with Crippen LogP contribution in [0.5, 0.6) is 11.8 Å². The third-order valence-electron chi connectivity index (χ3n) is 5.57. The molecule has 7 N–H and O–H groups in total. The maximum atomic E-state index is 10.3. The van der Waals surface area contributed by atoms with Crippen molar-refractivity contribution in [2.75, 3.05) is 18.9 Å². The zero-order valence-electron chi connectivity index (χ0n) is 16.8. The summed E-state index contributed by atoms with van der Waals surface area (Å²) < 4.78 is 12.7. The minimum Gasteiger partial charge on any atom is -0.508 e. The smallest absolute Gasteiger partial charge is 0.320 e. The van der Waals surface area contributed by atoms with Crippen LogP contribution >= 0.6 is 0 Å². The van der Waals surface area contributed by atoms with E-state index in [4.69, 9.17) is 15.2 Å². The predicted octanol–water partition coefficient (Wildman–Crippen LogP) is -0.172. The number of H-pyrrole nitrogens is 1. The van der Waals surface area contributed by atoms with Crippen LogP contribution in [0, 0.1) is 0 Å². The van der Waals surface area contributed by atoms with Crippen LogP contribution in [0.4, 0.5) is 5.82 Å². The summed E-state index contributed by atoms with van der Waals surface area (Å²) in [5.41, 5.74) is 8.43. The molecule has 12 heteroatoms. The molecule has 1 saturated heterocycles. The van der Waals surface area contributed by atoms with Crippen LogP contribution in [0.3, 0.4) is 0 Å². The summed E-state index contributed by atoms with van der Waals surface area (Å²) in [4.78, 5) is 15.8. The van der Waals surface area contributed by atoms with Crippen molar-refractivity contribution in [1.82, 2.24) is 24.5 Å². The molecule has 4 aromatic rings. The highest BCUT2D eigenvalue weighted by Gasteiger charge is 2.44. The van der Waals surface area contributed by atoms with Crippen LogP contribution in [0.15, 0.2) is 30.7 Å². The molecule has 0 unspecified atom stereocenters. The Kier molecular flexibility index (Phi) is 5.06. The third-order valence-corrected chi connectivity index (χ3v) is 5.57. The molecule has 0 amide bonds. The van der Waals surface area contributed by atoms with Crippen molar-refractivity contribution >= 4 is 27.9 Å². The van der Waals surface area contributed by atoms with E-state index in [1.807, 2.05) is 6.20 Å². The quantitative estimate of drug-likeness (QED) is 0.234. The van der Waals surface area contributed by atoms with E-state index in [1.54, 1.807) is 18.2 Å². The van der Waals surface area contributed by atoms with Crippen molar-refractivity contribution < 1.29 is 29.9 Å². The molecule has 4 atom stereocenters. The van der Waals surface area contributed by atoms with Gasteiger partial charge in [0.2, 0.25) is 0 Å². The lowest BCUT2D eigenvalue weighted by Gasteiger charge is -2.16. The first kappa shape index (κ1) is 20.5. The van der Waals surface area contributed by atoms with Crippen LogP contribution in [0.25, 0.3) is 22.1 Å². The first-order chi connectivity index (χ1) is 15.5. The molecule has 0 saturated carbocycles. The summed E-state index contributed by atoms with van der Waals surface area (Å²) in [5, 5.41) is 40.3. The molecule has 12 nitrogen and oxygen atoms in total. The second-order valence-corrected chi connectivity index (χ2v) is 7.59. The van der Waals surface area contributed by atoms with Gasteiger partial charge in [-0.3, -0.25) is 4.57 Å². The fourth-order valence-corrected chi connectivity index (χ4v) is 3.90. The van der Waals surface area contributed by atoms with Gasteiger partial charge in [-0.15, -0.1) is 0 Å². The molecule has 1 fully saturated rings. The average molecular weight is 442 g/mol. The van der Waals surface area contributed by atoms with E-state index < -0.39 is 31.1 Å².